The zero-order chi connectivity index (χ0) is 11.4. The van der Waals surface area contributed by atoms with Crippen molar-refractivity contribution >= 4 is 12.4 Å². The van der Waals surface area contributed by atoms with Crippen LogP contribution in [0, 0.1) is 11.3 Å². The van der Waals surface area contributed by atoms with Gasteiger partial charge >= 0.3 is 0 Å². The summed E-state index contributed by atoms with van der Waals surface area (Å²) in [5, 5.41) is 0. The van der Waals surface area contributed by atoms with Gasteiger partial charge < -0.3 is 4.90 Å². The van der Waals surface area contributed by atoms with Crippen LogP contribution >= 0.6 is 12.4 Å². The van der Waals surface area contributed by atoms with Gasteiger partial charge in [-0.1, -0.05) is 33.1 Å². The molecule has 0 atom stereocenters. The number of halogens is 1. The molecule has 1 nitrogen and oxygen atoms in total. The van der Waals surface area contributed by atoms with Crippen molar-refractivity contribution in [2.75, 3.05) is 19.6 Å². The topological polar surface area (TPSA) is 3.24 Å². The Hall–Kier alpha value is 0.250. The summed E-state index contributed by atoms with van der Waals surface area (Å²) in [6, 6.07) is 0. The van der Waals surface area contributed by atoms with Gasteiger partial charge in [0.15, 0.2) is 0 Å². The molecule has 1 heterocycles. The number of likely N-dealkylation sites (tertiary alicyclic amines) is 1. The fourth-order valence-electron chi connectivity index (χ4n) is 3.49. The highest BCUT2D eigenvalue weighted by Crippen LogP contribution is 2.44. The molecule has 0 radical (unpaired) electrons. The molecule has 1 spiro atoms. The van der Waals surface area contributed by atoms with Crippen molar-refractivity contribution in [2.24, 2.45) is 11.3 Å². The van der Waals surface area contributed by atoms with Gasteiger partial charge in [-0.3, -0.25) is 0 Å². The van der Waals surface area contributed by atoms with Gasteiger partial charge in [0.1, 0.15) is 0 Å². The molecule has 102 valence electrons. The highest BCUT2D eigenvalue weighted by molar-refractivity contribution is 5.85. The van der Waals surface area contributed by atoms with E-state index in [0.717, 1.165) is 11.3 Å². The lowest BCUT2D eigenvalue weighted by atomic mass is 9.68. The van der Waals surface area contributed by atoms with Crippen molar-refractivity contribution in [1.29, 1.82) is 0 Å². The van der Waals surface area contributed by atoms with E-state index < -0.39 is 0 Å². The Kier molecular flexibility index (Phi) is 6.30. The van der Waals surface area contributed by atoms with E-state index in [0.29, 0.717) is 0 Å². The minimum atomic E-state index is 0. The van der Waals surface area contributed by atoms with Gasteiger partial charge in [0.05, 0.1) is 0 Å². The third-order valence-electron chi connectivity index (χ3n) is 4.85. The summed E-state index contributed by atoms with van der Waals surface area (Å²) in [5.41, 5.74) is 0.784. The van der Waals surface area contributed by atoms with Crippen LogP contribution in [0.5, 0.6) is 0 Å². The Balaban J connectivity index is 0.00000144. The molecule has 2 aliphatic rings. The van der Waals surface area contributed by atoms with E-state index >= 15 is 0 Å². The quantitative estimate of drug-likeness (QED) is 0.721. The highest BCUT2D eigenvalue weighted by Gasteiger charge is 2.35. The number of nitrogens with zero attached hydrogens (tertiary/aromatic N) is 1. The van der Waals surface area contributed by atoms with E-state index in [1.165, 1.54) is 71.0 Å². The molecular formula is C15H30ClN. The van der Waals surface area contributed by atoms with Gasteiger partial charge in [0, 0.05) is 0 Å². The minimum Gasteiger partial charge on any atom is -0.303 e. The van der Waals surface area contributed by atoms with Crippen LogP contribution in [0.4, 0.5) is 0 Å². The van der Waals surface area contributed by atoms with Gasteiger partial charge in [-0.05, 0) is 63.1 Å². The van der Waals surface area contributed by atoms with Gasteiger partial charge in [-0.2, -0.15) is 0 Å². The molecule has 0 N–H and O–H groups in total. The Morgan fingerprint density at radius 1 is 0.941 bits per heavy atom. The first-order valence-electron chi connectivity index (χ1n) is 7.43. The largest absolute Gasteiger partial charge is 0.303 e. The van der Waals surface area contributed by atoms with Crippen LogP contribution in [-0.4, -0.2) is 24.5 Å². The van der Waals surface area contributed by atoms with Crippen molar-refractivity contribution in [3.05, 3.63) is 0 Å². The van der Waals surface area contributed by atoms with Gasteiger partial charge in [0.2, 0.25) is 0 Å². The monoisotopic (exact) mass is 259 g/mol. The van der Waals surface area contributed by atoms with Crippen molar-refractivity contribution in [3.8, 4) is 0 Å². The molecule has 1 saturated carbocycles. The summed E-state index contributed by atoms with van der Waals surface area (Å²) in [6.45, 7) is 8.78. The number of hydrogen-bond donors (Lipinski definition) is 0. The minimum absolute atomic E-state index is 0. The van der Waals surface area contributed by atoms with E-state index in [2.05, 4.69) is 18.7 Å². The number of rotatable bonds is 3. The van der Waals surface area contributed by atoms with Crippen molar-refractivity contribution in [2.45, 2.75) is 65.2 Å². The number of hydrogen-bond acceptors (Lipinski definition) is 1. The van der Waals surface area contributed by atoms with Crippen LogP contribution in [-0.2, 0) is 0 Å². The molecule has 1 aliphatic heterocycles. The smallest absolute Gasteiger partial charge is 0.00134 e. The zero-order valence-electron chi connectivity index (χ0n) is 11.7. The van der Waals surface area contributed by atoms with Gasteiger partial charge in [-0.25, -0.2) is 0 Å². The molecule has 2 fully saturated rings. The molecule has 1 aliphatic carbocycles. The van der Waals surface area contributed by atoms with Crippen LogP contribution in [0.1, 0.15) is 65.2 Å². The van der Waals surface area contributed by atoms with E-state index in [-0.39, 0.29) is 12.4 Å². The van der Waals surface area contributed by atoms with Crippen molar-refractivity contribution in [1.82, 2.24) is 4.90 Å². The maximum Gasteiger partial charge on any atom is -0.00134 e. The van der Waals surface area contributed by atoms with Crippen LogP contribution in [0.2, 0.25) is 0 Å². The van der Waals surface area contributed by atoms with E-state index in [1.807, 2.05) is 0 Å². The molecule has 0 aromatic heterocycles. The third kappa shape index (κ3) is 4.44. The Morgan fingerprint density at radius 3 is 2.06 bits per heavy atom. The van der Waals surface area contributed by atoms with Gasteiger partial charge in [0.25, 0.3) is 0 Å². The Morgan fingerprint density at radius 2 is 1.53 bits per heavy atom. The highest BCUT2D eigenvalue weighted by atomic mass is 35.5. The first-order valence-corrected chi connectivity index (χ1v) is 7.43. The average molecular weight is 260 g/mol. The fourth-order valence-corrected chi connectivity index (χ4v) is 3.49. The van der Waals surface area contributed by atoms with Crippen LogP contribution in [0.25, 0.3) is 0 Å². The second kappa shape index (κ2) is 6.99. The van der Waals surface area contributed by atoms with E-state index in [1.54, 1.807) is 0 Å². The summed E-state index contributed by atoms with van der Waals surface area (Å²) in [6.07, 6.45) is 11.9. The predicted molar refractivity (Wildman–Crippen MR) is 77.9 cm³/mol. The third-order valence-corrected chi connectivity index (χ3v) is 4.85. The van der Waals surface area contributed by atoms with Crippen LogP contribution in [0.15, 0.2) is 0 Å². The Labute approximate surface area is 114 Å². The molecule has 1 saturated heterocycles. The maximum atomic E-state index is 2.71. The fraction of sp³-hybridized carbons (Fsp3) is 1.00. The summed E-state index contributed by atoms with van der Waals surface area (Å²) < 4.78 is 0. The summed E-state index contributed by atoms with van der Waals surface area (Å²) in [7, 11) is 0. The van der Waals surface area contributed by atoms with Gasteiger partial charge in [-0.15, -0.1) is 12.4 Å². The lowest BCUT2D eigenvalue weighted by Crippen LogP contribution is -2.41. The SMILES string of the molecule is CC(C)CCN1CCC2(CCCCC2)CC1.Cl. The maximum absolute atomic E-state index is 2.71. The first-order chi connectivity index (χ1) is 7.70. The van der Waals surface area contributed by atoms with Crippen molar-refractivity contribution < 1.29 is 0 Å². The molecule has 0 aromatic carbocycles. The molecule has 0 unspecified atom stereocenters. The van der Waals surface area contributed by atoms with Crippen molar-refractivity contribution in [3.63, 3.8) is 0 Å². The molecule has 2 rings (SSSR count). The molecule has 2 heteroatoms. The summed E-state index contributed by atoms with van der Waals surface area (Å²) in [5.74, 6) is 0.866. The first kappa shape index (κ1) is 15.3. The molecule has 0 aromatic rings. The van der Waals surface area contributed by atoms with E-state index in [9.17, 15) is 0 Å². The second-order valence-corrected chi connectivity index (χ2v) is 6.58. The standard InChI is InChI=1S/C15H29N.ClH/c1-14(2)6-11-16-12-9-15(10-13-16)7-4-3-5-8-15;/h14H,3-13H2,1-2H3;1H. The number of piperidine rings is 1. The molecular weight excluding hydrogens is 230 g/mol. The lowest BCUT2D eigenvalue weighted by Gasteiger charge is -2.44. The Bertz CT molecular complexity index is 199. The van der Waals surface area contributed by atoms with Crippen LogP contribution in [0.3, 0.4) is 0 Å². The average Bonchev–Trinajstić information content (AvgIpc) is 2.29. The zero-order valence-corrected chi connectivity index (χ0v) is 12.5. The molecule has 0 bridgehead atoms. The predicted octanol–water partition coefficient (Wildman–Crippen LogP) is 4.50. The van der Waals surface area contributed by atoms with Crippen LogP contribution < -0.4 is 0 Å². The second-order valence-electron chi connectivity index (χ2n) is 6.58. The molecule has 17 heavy (non-hydrogen) atoms. The summed E-state index contributed by atoms with van der Waals surface area (Å²) in [4.78, 5) is 2.71. The lowest BCUT2D eigenvalue weighted by molar-refractivity contribution is 0.0657. The summed E-state index contributed by atoms with van der Waals surface area (Å²) >= 11 is 0. The normalized spacial score (nSPS) is 24.9. The molecule has 0 amide bonds. The van der Waals surface area contributed by atoms with E-state index in [4.69, 9.17) is 0 Å².